The molecule has 0 saturated heterocycles. The predicted octanol–water partition coefficient (Wildman–Crippen LogP) is 7.17. The summed E-state index contributed by atoms with van der Waals surface area (Å²) in [6.45, 7) is 4.01. The third-order valence-electron chi connectivity index (χ3n) is 5.95. The molecule has 0 amide bonds. The van der Waals surface area contributed by atoms with Crippen LogP contribution >= 0.6 is 0 Å². The average Bonchev–Trinajstić information content (AvgIpc) is 3.18. The molecule has 5 aromatic rings. The van der Waals surface area contributed by atoms with E-state index in [2.05, 4.69) is 26.6 Å². The maximum absolute atomic E-state index is 13.5. The molecule has 2 aromatic heterocycles. The van der Waals surface area contributed by atoms with Gasteiger partial charge in [-0.15, -0.1) is 0 Å². The maximum atomic E-state index is 13.5. The Morgan fingerprint density at radius 2 is 1.74 bits per heavy atom. The highest BCUT2D eigenvalue weighted by atomic mass is 19.4. The van der Waals surface area contributed by atoms with Crippen LogP contribution in [0.4, 0.5) is 24.7 Å². The molecule has 0 aliphatic rings. The van der Waals surface area contributed by atoms with Crippen molar-refractivity contribution in [1.82, 2.24) is 15.2 Å². The Labute approximate surface area is 193 Å². The highest BCUT2D eigenvalue weighted by Crippen LogP contribution is 2.40. The Hall–Kier alpha value is -4.07. The van der Waals surface area contributed by atoms with Gasteiger partial charge in [0, 0.05) is 28.4 Å². The van der Waals surface area contributed by atoms with Crippen molar-refractivity contribution in [1.29, 1.82) is 0 Å². The second kappa shape index (κ2) is 8.06. The molecule has 172 valence electrons. The topological polar surface area (TPSA) is 62.8 Å². The summed E-state index contributed by atoms with van der Waals surface area (Å²) in [7, 11) is 1.22. The fourth-order valence-electron chi connectivity index (χ4n) is 4.28. The molecule has 0 atom stereocenters. The molecular weight excluding hydrogens is 441 g/mol. The van der Waals surface area contributed by atoms with E-state index in [9.17, 15) is 13.2 Å². The lowest BCUT2D eigenvalue weighted by molar-refractivity contribution is -0.138. The van der Waals surface area contributed by atoms with Gasteiger partial charge in [0.25, 0.3) is 0 Å². The van der Waals surface area contributed by atoms with Crippen LogP contribution in [0.25, 0.3) is 32.8 Å². The standard InChI is InChI=1S/C26H21F3N4O/c1-14-4-7-19-18(24(14)16-5-8-22-20(12-16)15(2)32-33-22)10-11-30-25(19)31-17-6-9-23(34-3)21(13-17)26(27,28)29/h4-13H,1-3H3,(H,30,31)(H,32,33). The zero-order chi connectivity index (χ0) is 24.0. The molecule has 0 bridgehead atoms. The molecule has 8 heteroatoms. The van der Waals surface area contributed by atoms with Crippen LogP contribution in [0, 0.1) is 13.8 Å². The van der Waals surface area contributed by atoms with Gasteiger partial charge in [-0.2, -0.15) is 18.3 Å². The number of nitrogens with one attached hydrogen (secondary N) is 2. The van der Waals surface area contributed by atoms with Crippen LogP contribution < -0.4 is 10.1 Å². The summed E-state index contributed by atoms with van der Waals surface area (Å²) in [5.41, 5.74) is 4.44. The Morgan fingerprint density at radius 3 is 2.50 bits per heavy atom. The number of aromatic nitrogens is 3. The van der Waals surface area contributed by atoms with Crippen molar-refractivity contribution in [3.8, 4) is 16.9 Å². The van der Waals surface area contributed by atoms with Gasteiger partial charge < -0.3 is 10.1 Å². The minimum atomic E-state index is -4.54. The van der Waals surface area contributed by atoms with Gasteiger partial charge in [0.05, 0.1) is 18.2 Å². The number of aryl methyl sites for hydroxylation is 2. The number of fused-ring (bicyclic) bond motifs is 2. The number of alkyl halides is 3. The third kappa shape index (κ3) is 3.71. The van der Waals surface area contributed by atoms with Crippen molar-refractivity contribution < 1.29 is 17.9 Å². The monoisotopic (exact) mass is 462 g/mol. The van der Waals surface area contributed by atoms with Gasteiger partial charge in [-0.1, -0.05) is 18.2 Å². The third-order valence-corrected chi connectivity index (χ3v) is 5.95. The minimum Gasteiger partial charge on any atom is -0.496 e. The molecule has 5 rings (SSSR count). The number of pyridine rings is 1. The molecule has 0 aliphatic heterocycles. The van der Waals surface area contributed by atoms with E-state index in [1.807, 2.05) is 44.2 Å². The summed E-state index contributed by atoms with van der Waals surface area (Å²) in [5.74, 6) is 0.240. The molecule has 0 spiro atoms. The van der Waals surface area contributed by atoms with E-state index in [0.29, 0.717) is 5.82 Å². The van der Waals surface area contributed by atoms with E-state index < -0.39 is 11.7 Å². The zero-order valence-corrected chi connectivity index (χ0v) is 18.7. The van der Waals surface area contributed by atoms with E-state index in [0.717, 1.165) is 50.1 Å². The van der Waals surface area contributed by atoms with Gasteiger partial charge in [0.15, 0.2) is 0 Å². The molecule has 0 aliphatic carbocycles. The minimum absolute atomic E-state index is 0.230. The Kier molecular flexibility index (Phi) is 5.16. The number of hydrogen-bond acceptors (Lipinski definition) is 4. The Morgan fingerprint density at radius 1 is 0.912 bits per heavy atom. The molecule has 3 aromatic carbocycles. The Balaban J connectivity index is 1.63. The van der Waals surface area contributed by atoms with E-state index in [1.54, 1.807) is 12.3 Å². The van der Waals surface area contributed by atoms with Crippen LogP contribution in [0.3, 0.4) is 0 Å². The lowest BCUT2D eigenvalue weighted by Gasteiger charge is -2.16. The van der Waals surface area contributed by atoms with Gasteiger partial charge in [0.2, 0.25) is 0 Å². The smallest absolute Gasteiger partial charge is 0.420 e. The fraction of sp³-hybridized carbons (Fsp3) is 0.154. The van der Waals surface area contributed by atoms with E-state index >= 15 is 0 Å². The number of H-pyrrole nitrogens is 1. The predicted molar refractivity (Wildman–Crippen MR) is 128 cm³/mol. The van der Waals surface area contributed by atoms with Crippen LogP contribution in [-0.4, -0.2) is 22.3 Å². The Bertz CT molecular complexity index is 1540. The maximum Gasteiger partial charge on any atom is 0.420 e. The molecule has 0 saturated carbocycles. The SMILES string of the molecule is COc1ccc(Nc2nccc3c(-c4ccc5n[nH]c(C)c5c4)c(C)ccc23)cc1C(F)(F)F. The number of benzene rings is 3. The van der Waals surface area contributed by atoms with Crippen LogP contribution in [0.15, 0.2) is 60.8 Å². The zero-order valence-electron chi connectivity index (χ0n) is 18.7. The highest BCUT2D eigenvalue weighted by molar-refractivity contribution is 6.04. The molecule has 0 fully saturated rings. The number of anilines is 2. The van der Waals surface area contributed by atoms with Crippen molar-refractivity contribution in [3.05, 3.63) is 77.6 Å². The molecule has 0 unspecified atom stereocenters. The van der Waals surface area contributed by atoms with E-state index in [4.69, 9.17) is 4.74 Å². The van der Waals surface area contributed by atoms with E-state index in [1.165, 1.54) is 13.2 Å². The number of rotatable bonds is 4. The summed E-state index contributed by atoms with van der Waals surface area (Å²) < 4.78 is 45.3. The number of methoxy groups -OCH3 is 1. The average molecular weight is 462 g/mol. The van der Waals surface area contributed by atoms with Crippen molar-refractivity contribution in [2.24, 2.45) is 0 Å². The highest BCUT2D eigenvalue weighted by Gasteiger charge is 2.34. The lowest BCUT2D eigenvalue weighted by atomic mass is 9.93. The van der Waals surface area contributed by atoms with Crippen molar-refractivity contribution >= 4 is 33.2 Å². The summed E-state index contributed by atoms with van der Waals surface area (Å²) in [5, 5.41) is 13.2. The van der Waals surface area contributed by atoms with Gasteiger partial charge >= 0.3 is 6.18 Å². The molecule has 5 nitrogen and oxygen atoms in total. The summed E-state index contributed by atoms with van der Waals surface area (Å²) >= 11 is 0. The first kappa shape index (κ1) is 21.8. The number of hydrogen-bond donors (Lipinski definition) is 2. The first-order valence-electron chi connectivity index (χ1n) is 10.6. The first-order chi connectivity index (χ1) is 16.3. The van der Waals surface area contributed by atoms with Crippen LogP contribution in [0.5, 0.6) is 5.75 Å². The second-order valence-corrected chi connectivity index (χ2v) is 8.13. The molecule has 0 radical (unpaired) electrons. The van der Waals surface area contributed by atoms with Crippen molar-refractivity contribution in [2.75, 3.05) is 12.4 Å². The first-order valence-corrected chi connectivity index (χ1v) is 10.6. The molecule has 2 heterocycles. The van der Waals surface area contributed by atoms with Crippen LogP contribution in [0.1, 0.15) is 16.8 Å². The van der Waals surface area contributed by atoms with Crippen LogP contribution in [0.2, 0.25) is 0 Å². The molecule has 2 N–H and O–H groups in total. The van der Waals surface area contributed by atoms with Gasteiger partial charge in [-0.05, 0) is 72.3 Å². The number of aromatic amines is 1. The quantitative estimate of drug-likeness (QED) is 0.297. The second-order valence-electron chi connectivity index (χ2n) is 8.13. The van der Waals surface area contributed by atoms with Crippen molar-refractivity contribution in [2.45, 2.75) is 20.0 Å². The number of ether oxygens (including phenoxy) is 1. The summed E-state index contributed by atoms with van der Waals surface area (Å²) in [4.78, 5) is 4.42. The lowest BCUT2D eigenvalue weighted by Crippen LogP contribution is -2.08. The van der Waals surface area contributed by atoms with Gasteiger partial charge in [-0.3, -0.25) is 5.10 Å². The van der Waals surface area contributed by atoms with Gasteiger partial charge in [0.1, 0.15) is 11.6 Å². The number of nitrogens with zero attached hydrogens (tertiary/aromatic N) is 2. The van der Waals surface area contributed by atoms with E-state index in [-0.39, 0.29) is 11.4 Å². The summed E-state index contributed by atoms with van der Waals surface area (Å²) in [6.07, 6.45) is -2.88. The normalized spacial score (nSPS) is 11.8. The van der Waals surface area contributed by atoms with Crippen LogP contribution in [-0.2, 0) is 6.18 Å². The van der Waals surface area contributed by atoms with Crippen molar-refractivity contribution in [3.63, 3.8) is 0 Å². The largest absolute Gasteiger partial charge is 0.496 e. The summed E-state index contributed by atoms with van der Waals surface area (Å²) in [6, 6.07) is 15.8. The van der Waals surface area contributed by atoms with Gasteiger partial charge in [-0.25, -0.2) is 4.98 Å². The molecular formula is C26H21F3N4O. The molecule has 34 heavy (non-hydrogen) atoms. The fourth-order valence-corrected chi connectivity index (χ4v) is 4.28. The number of halogens is 3.